The summed E-state index contributed by atoms with van der Waals surface area (Å²) in [5, 5.41) is 2.88. The zero-order chi connectivity index (χ0) is 16.7. The highest BCUT2D eigenvalue weighted by atomic mass is 16.5. The quantitative estimate of drug-likeness (QED) is 0.812. The maximum Gasteiger partial charge on any atom is 0.321 e. The van der Waals surface area contributed by atoms with Crippen molar-refractivity contribution in [2.75, 3.05) is 19.0 Å². The third-order valence-electron chi connectivity index (χ3n) is 3.36. The topological polar surface area (TPSA) is 41.6 Å². The van der Waals surface area contributed by atoms with Crippen molar-refractivity contribution in [1.82, 2.24) is 4.90 Å². The van der Waals surface area contributed by atoms with Gasteiger partial charge < -0.3 is 15.0 Å². The molecule has 0 fully saturated rings. The molecule has 0 aliphatic heterocycles. The SMILES string of the molecule is C=CCOc1ccc(CN(C)C(=O)Nc2ccc(C)cc2)cc1. The summed E-state index contributed by atoms with van der Waals surface area (Å²) in [6.45, 7) is 6.64. The van der Waals surface area contributed by atoms with Gasteiger partial charge in [0.2, 0.25) is 0 Å². The van der Waals surface area contributed by atoms with Gasteiger partial charge in [0.05, 0.1) is 0 Å². The number of hydrogen-bond acceptors (Lipinski definition) is 2. The third kappa shape index (κ3) is 5.18. The summed E-state index contributed by atoms with van der Waals surface area (Å²) in [5.74, 6) is 0.792. The highest BCUT2D eigenvalue weighted by Crippen LogP contribution is 2.14. The molecule has 120 valence electrons. The second-order valence-corrected chi connectivity index (χ2v) is 5.40. The number of ether oxygens (including phenoxy) is 1. The van der Waals surface area contributed by atoms with Crippen molar-refractivity contribution in [1.29, 1.82) is 0 Å². The van der Waals surface area contributed by atoms with Crippen LogP contribution in [0.5, 0.6) is 5.75 Å². The van der Waals surface area contributed by atoms with Crippen molar-refractivity contribution in [3.63, 3.8) is 0 Å². The zero-order valence-corrected chi connectivity index (χ0v) is 13.6. The Kier molecular flexibility index (Phi) is 5.80. The van der Waals surface area contributed by atoms with E-state index in [-0.39, 0.29) is 6.03 Å². The van der Waals surface area contributed by atoms with Gasteiger partial charge in [-0.25, -0.2) is 4.79 Å². The minimum absolute atomic E-state index is 0.138. The molecule has 0 heterocycles. The predicted molar refractivity (Wildman–Crippen MR) is 93.8 cm³/mol. The Bertz CT molecular complexity index is 648. The fraction of sp³-hybridized carbons (Fsp3) is 0.211. The second-order valence-electron chi connectivity index (χ2n) is 5.40. The molecule has 0 atom stereocenters. The van der Waals surface area contributed by atoms with E-state index in [0.717, 1.165) is 22.6 Å². The maximum absolute atomic E-state index is 12.2. The molecule has 0 saturated heterocycles. The number of anilines is 1. The molecule has 2 amide bonds. The van der Waals surface area contributed by atoms with E-state index >= 15 is 0 Å². The van der Waals surface area contributed by atoms with Crippen LogP contribution in [0.15, 0.2) is 61.2 Å². The number of amides is 2. The lowest BCUT2D eigenvalue weighted by atomic mass is 10.2. The number of rotatable bonds is 6. The van der Waals surface area contributed by atoms with Crippen molar-refractivity contribution >= 4 is 11.7 Å². The summed E-state index contributed by atoms with van der Waals surface area (Å²) in [6.07, 6.45) is 1.71. The number of nitrogens with one attached hydrogen (secondary N) is 1. The smallest absolute Gasteiger partial charge is 0.321 e. The standard InChI is InChI=1S/C19H22N2O2/c1-4-13-23-18-11-7-16(8-12-18)14-21(3)19(22)20-17-9-5-15(2)6-10-17/h4-12H,1,13-14H2,2-3H3,(H,20,22). The van der Waals surface area contributed by atoms with Gasteiger partial charge in [-0.3, -0.25) is 0 Å². The van der Waals surface area contributed by atoms with Gasteiger partial charge in [0.15, 0.2) is 0 Å². The number of nitrogens with zero attached hydrogens (tertiary/aromatic N) is 1. The molecule has 2 aromatic rings. The van der Waals surface area contributed by atoms with Crippen LogP contribution in [0.4, 0.5) is 10.5 Å². The average Bonchev–Trinajstić information content (AvgIpc) is 2.56. The van der Waals surface area contributed by atoms with E-state index in [2.05, 4.69) is 11.9 Å². The molecule has 0 aliphatic carbocycles. The summed E-state index contributed by atoms with van der Waals surface area (Å²) in [7, 11) is 1.77. The molecule has 0 saturated carbocycles. The number of urea groups is 1. The van der Waals surface area contributed by atoms with Gasteiger partial charge in [0.25, 0.3) is 0 Å². The van der Waals surface area contributed by atoms with E-state index < -0.39 is 0 Å². The normalized spacial score (nSPS) is 10.0. The Labute approximate surface area is 137 Å². The van der Waals surface area contributed by atoms with Gasteiger partial charge in [-0.1, -0.05) is 42.5 Å². The van der Waals surface area contributed by atoms with Crippen molar-refractivity contribution in [3.05, 3.63) is 72.3 Å². The van der Waals surface area contributed by atoms with Gasteiger partial charge in [-0.05, 0) is 36.8 Å². The summed E-state index contributed by atoms with van der Waals surface area (Å²) >= 11 is 0. The van der Waals surface area contributed by atoms with Crippen LogP contribution in [0.25, 0.3) is 0 Å². The first-order valence-corrected chi connectivity index (χ1v) is 7.50. The monoisotopic (exact) mass is 310 g/mol. The van der Waals surface area contributed by atoms with Crippen LogP contribution in [0.2, 0.25) is 0 Å². The number of carbonyl (C=O) groups excluding carboxylic acids is 1. The van der Waals surface area contributed by atoms with Crippen molar-refractivity contribution in [2.24, 2.45) is 0 Å². The molecule has 2 rings (SSSR count). The average molecular weight is 310 g/mol. The predicted octanol–water partition coefficient (Wildman–Crippen LogP) is 4.22. The maximum atomic E-state index is 12.2. The van der Waals surface area contributed by atoms with E-state index in [1.54, 1.807) is 18.0 Å². The summed E-state index contributed by atoms with van der Waals surface area (Å²) < 4.78 is 5.44. The lowest BCUT2D eigenvalue weighted by Crippen LogP contribution is -2.30. The van der Waals surface area contributed by atoms with Gasteiger partial charge in [0.1, 0.15) is 12.4 Å². The molecular weight excluding hydrogens is 288 g/mol. The van der Waals surface area contributed by atoms with Crippen LogP contribution >= 0.6 is 0 Å². The highest BCUT2D eigenvalue weighted by Gasteiger charge is 2.09. The fourth-order valence-electron chi connectivity index (χ4n) is 2.05. The lowest BCUT2D eigenvalue weighted by Gasteiger charge is -2.18. The molecular formula is C19H22N2O2. The first-order valence-electron chi connectivity index (χ1n) is 7.50. The molecule has 0 aliphatic rings. The number of hydrogen-bond donors (Lipinski definition) is 1. The van der Waals surface area contributed by atoms with Crippen molar-refractivity contribution < 1.29 is 9.53 Å². The van der Waals surface area contributed by atoms with Crippen LogP contribution in [-0.4, -0.2) is 24.6 Å². The Balaban J connectivity index is 1.89. The molecule has 0 bridgehead atoms. The Morgan fingerprint density at radius 2 is 1.83 bits per heavy atom. The molecule has 1 N–H and O–H groups in total. The van der Waals surface area contributed by atoms with E-state index in [0.29, 0.717) is 13.2 Å². The van der Waals surface area contributed by atoms with Gasteiger partial charge in [-0.2, -0.15) is 0 Å². The van der Waals surface area contributed by atoms with Crippen LogP contribution in [0, 0.1) is 6.92 Å². The Hall–Kier alpha value is -2.75. The number of aryl methyl sites for hydroxylation is 1. The molecule has 23 heavy (non-hydrogen) atoms. The fourth-order valence-corrected chi connectivity index (χ4v) is 2.05. The first-order chi connectivity index (χ1) is 11.1. The van der Waals surface area contributed by atoms with Gasteiger partial charge >= 0.3 is 6.03 Å². The van der Waals surface area contributed by atoms with Crippen LogP contribution in [0.1, 0.15) is 11.1 Å². The third-order valence-corrected chi connectivity index (χ3v) is 3.36. The van der Waals surface area contributed by atoms with E-state index in [1.165, 1.54) is 0 Å². The summed E-state index contributed by atoms with van der Waals surface area (Å²) in [6, 6.07) is 15.3. The summed E-state index contributed by atoms with van der Waals surface area (Å²) in [4.78, 5) is 13.8. The molecule has 0 unspecified atom stereocenters. The largest absolute Gasteiger partial charge is 0.490 e. The molecule has 2 aromatic carbocycles. The Morgan fingerprint density at radius 3 is 2.43 bits per heavy atom. The van der Waals surface area contributed by atoms with E-state index in [1.807, 2.05) is 55.5 Å². The first kappa shape index (κ1) is 16.6. The number of carbonyl (C=O) groups is 1. The van der Waals surface area contributed by atoms with E-state index in [9.17, 15) is 4.79 Å². The van der Waals surface area contributed by atoms with Crippen molar-refractivity contribution in [2.45, 2.75) is 13.5 Å². The molecule has 0 aromatic heterocycles. The minimum Gasteiger partial charge on any atom is -0.490 e. The van der Waals surface area contributed by atoms with Crippen molar-refractivity contribution in [3.8, 4) is 5.75 Å². The molecule has 4 heteroatoms. The number of benzene rings is 2. The molecule has 0 radical (unpaired) electrons. The van der Waals surface area contributed by atoms with E-state index in [4.69, 9.17) is 4.74 Å². The highest BCUT2D eigenvalue weighted by molar-refractivity contribution is 5.89. The van der Waals surface area contributed by atoms with Crippen LogP contribution in [0.3, 0.4) is 0 Å². The van der Waals surface area contributed by atoms with Gasteiger partial charge in [-0.15, -0.1) is 0 Å². The van der Waals surface area contributed by atoms with Crippen LogP contribution < -0.4 is 10.1 Å². The van der Waals surface area contributed by atoms with Crippen LogP contribution in [-0.2, 0) is 6.54 Å². The minimum atomic E-state index is -0.138. The Morgan fingerprint density at radius 1 is 1.17 bits per heavy atom. The lowest BCUT2D eigenvalue weighted by molar-refractivity contribution is 0.220. The summed E-state index contributed by atoms with van der Waals surface area (Å²) in [5.41, 5.74) is 2.99. The molecule has 0 spiro atoms. The molecule has 4 nitrogen and oxygen atoms in total. The second kappa shape index (κ2) is 8.03. The van der Waals surface area contributed by atoms with Gasteiger partial charge in [0, 0.05) is 19.3 Å². The zero-order valence-electron chi connectivity index (χ0n) is 13.6.